The molecule has 3 N–H and O–H groups in total. The van der Waals surface area contributed by atoms with E-state index in [2.05, 4.69) is 41.2 Å². The van der Waals surface area contributed by atoms with Gasteiger partial charge in [0.1, 0.15) is 5.60 Å². The number of carbonyl (C=O) groups is 2. The number of ether oxygens (including phenoxy) is 1. The normalized spacial score (nSPS) is 14.4. The Balaban J connectivity index is 0.000000705. The largest absolute Gasteiger partial charge is 0.465 e. The number of carboxylic acid groups (broad SMARTS) is 1. The molecule has 0 saturated carbocycles. The summed E-state index contributed by atoms with van der Waals surface area (Å²) in [6.07, 6.45) is 0.536. The van der Waals surface area contributed by atoms with E-state index in [1.165, 1.54) is 10.6 Å². The van der Waals surface area contributed by atoms with Crippen molar-refractivity contribution in [3.05, 3.63) is 24.3 Å². The molecule has 1 heterocycles. The van der Waals surface area contributed by atoms with E-state index in [1.807, 2.05) is 20.8 Å². The van der Waals surface area contributed by atoms with Crippen LogP contribution in [0.3, 0.4) is 0 Å². The van der Waals surface area contributed by atoms with Crippen molar-refractivity contribution in [1.29, 1.82) is 0 Å². The smallest absolute Gasteiger partial charge is 0.410 e. The van der Waals surface area contributed by atoms with Gasteiger partial charge in [-0.2, -0.15) is 0 Å². The first-order valence-electron chi connectivity index (χ1n) is 7.97. The first kappa shape index (κ1) is 21.0. The first-order valence-corrected chi connectivity index (χ1v) is 9.20. The van der Waals surface area contributed by atoms with Crippen LogP contribution in [0.1, 0.15) is 20.8 Å². The van der Waals surface area contributed by atoms with E-state index in [0.717, 1.165) is 13.1 Å². The summed E-state index contributed by atoms with van der Waals surface area (Å²) in [5, 5.41) is 7.19. The number of carbonyl (C=O) groups excluding carboxylic acids is 1. The van der Waals surface area contributed by atoms with E-state index in [4.69, 9.17) is 14.6 Å². The molecule has 2 rings (SSSR count). The van der Waals surface area contributed by atoms with Gasteiger partial charge in [-0.1, -0.05) is 0 Å². The lowest BCUT2D eigenvalue weighted by atomic mass is 10.2. The van der Waals surface area contributed by atoms with E-state index in [9.17, 15) is 4.79 Å². The third-order valence-electron chi connectivity index (χ3n) is 3.37. The van der Waals surface area contributed by atoms with Crippen LogP contribution >= 0.6 is 11.8 Å². The monoisotopic (exact) mass is 369 g/mol. The zero-order valence-electron chi connectivity index (χ0n) is 15.2. The molecule has 0 atom stereocenters. The van der Waals surface area contributed by atoms with Crippen molar-refractivity contribution in [2.45, 2.75) is 31.3 Å². The Labute approximate surface area is 153 Å². The molecule has 2 amide bonds. The minimum absolute atomic E-state index is 0.208. The van der Waals surface area contributed by atoms with Gasteiger partial charge < -0.3 is 25.4 Å². The Morgan fingerprint density at radius 2 is 1.60 bits per heavy atom. The lowest BCUT2D eigenvalue weighted by Crippen LogP contribution is -2.50. The van der Waals surface area contributed by atoms with Gasteiger partial charge in [0.05, 0.1) is 0 Å². The summed E-state index contributed by atoms with van der Waals surface area (Å²) in [5.74, 6) is 0. The Hall–Kier alpha value is -2.09. The van der Waals surface area contributed by atoms with Gasteiger partial charge in [-0.05, 0) is 51.3 Å². The molecule has 25 heavy (non-hydrogen) atoms. The molecular formula is C17H27N3O4S. The number of primary amides is 1. The number of thioether (sulfide) groups is 1. The van der Waals surface area contributed by atoms with Gasteiger partial charge in [0.15, 0.2) is 0 Å². The molecule has 1 fully saturated rings. The zero-order chi connectivity index (χ0) is 19.0. The van der Waals surface area contributed by atoms with Gasteiger partial charge in [0.25, 0.3) is 0 Å². The number of rotatable bonds is 2. The number of anilines is 1. The Bertz CT molecular complexity index is 560. The minimum Gasteiger partial charge on any atom is -0.465 e. The summed E-state index contributed by atoms with van der Waals surface area (Å²) in [5.41, 5.74) is 4.82. The predicted molar refractivity (Wildman–Crippen MR) is 100 cm³/mol. The maximum atomic E-state index is 12.0. The fourth-order valence-corrected chi connectivity index (χ4v) is 2.67. The van der Waals surface area contributed by atoms with Crippen LogP contribution in [-0.4, -0.2) is 60.2 Å². The van der Waals surface area contributed by atoms with Crippen LogP contribution in [0.2, 0.25) is 0 Å². The van der Waals surface area contributed by atoms with Gasteiger partial charge in [-0.3, -0.25) is 0 Å². The summed E-state index contributed by atoms with van der Waals surface area (Å²) in [6, 6.07) is 8.57. The third kappa shape index (κ3) is 8.02. The molecule has 1 aliphatic rings. The molecule has 8 heteroatoms. The second-order valence-corrected chi connectivity index (χ2v) is 7.37. The quantitative estimate of drug-likeness (QED) is 0.778. The summed E-state index contributed by atoms with van der Waals surface area (Å²) in [7, 11) is 0. The molecule has 1 aliphatic heterocycles. The number of benzene rings is 1. The molecule has 0 aromatic heterocycles. The molecule has 0 unspecified atom stereocenters. The van der Waals surface area contributed by atoms with Crippen molar-refractivity contribution < 1.29 is 19.4 Å². The predicted octanol–water partition coefficient (Wildman–Crippen LogP) is 3.09. The molecule has 1 saturated heterocycles. The van der Waals surface area contributed by atoms with Gasteiger partial charge in [-0.25, -0.2) is 9.59 Å². The van der Waals surface area contributed by atoms with Crippen LogP contribution in [0.5, 0.6) is 0 Å². The molecular weight excluding hydrogens is 342 g/mol. The number of nitrogens with two attached hydrogens (primary N) is 1. The molecule has 1 aromatic carbocycles. The van der Waals surface area contributed by atoms with E-state index in [1.54, 1.807) is 16.7 Å². The topological polar surface area (TPSA) is 96.1 Å². The Morgan fingerprint density at radius 1 is 1.12 bits per heavy atom. The second kappa shape index (κ2) is 9.41. The minimum atomic E-state index is -1.33. The fraction of sp³-hybridized carbons (Fsp3) is 0.529. The molecule has 0 bridgehead atoms. The molecule has 7 nitrogen and oxygen atoms in total. The highest BCUT2D eigenvalue weighted by Crippen LogP contribution is 2.22. The van der Waals surface area contributed by atoms with Crippen LogP contribution in [0.25, 0.3) is 0 Å². The van der Waals surface area contributed by atoms with E-state index in [-0.39, 0.29) is 6.09 Å². The third-order valence-corrected chi connectivity index (χ3v) is 4.11. The van der Waals surface area contributed by atoms with Gasteiger partial charge in [-0.15, -0.1) is 11.8 Å². The lowest BCUT2D eigenvalue weighted by Gasteiger charge is -2.36. The number of amides is 2. The number of hydrogen-bond acceptors (Lipinski definition) is 5. The summed E-state index contributed by atoms with van der Waals surface area (Å²) in [6.45, 7) is 8.80. The van der Waals surface area contributed by atoms with E-state index >= 15 is 0 Å². The average molecular weight is 369 g/mol. The van der Waals surface area contributed by atoms with Crippen molar-refractivity contribution in [3.63, 3.8) is 0 Å². The maximum absolute atomic E-state index is 12.0. The highest BCUT2D eigenvalue weighted by atomic mass is 32.2. The summed E-state index contributed by atoms with van der Waals surface area (Å²) in [4.78, 5) is 26.2. The average Bonchev–Trinajstić information content (AvgIpc) is 2.53. The number of piperazine rings is 1. The van der Waals surface area contributed by atoms with Gasteiger partial charge in [0.2, 0.25) is 0 Å². The fourth-order valence-electron chi connectivity index (χ4n) is 2.27. The van der Waals surface area contributed by atoms with Crippen molar-refractivity contribution in [3.8, 4) is 0 Å². The van der Waals surface area contributed by atoms with Crippen LogP contribution in [0.15, 0.2) is 29.2 Å². The van der Waals surface area contributed by atoms with Crippen LogP contribution in [0, 0.1) is 0 Å². The maximum Gasteiger partial charge on any atom is 0.410 e. The number of hydrogen-bond donors (Lipinski definition) is 2. The highest BCUT2D eigenvalue weighted by molar-refractivity contribution is 7.98. The van der Waals surface area contributed by atoms with Crippen molar-refractivity contribution >= 4 is 29.6 Å². The molecule has 0 aliphatic carbocycles. The van der Waals surface area contributed by atoms with Crippen LogP contribution < -0.4 is 10.6 Å². The van der Waals surface area contributed by atoms with E-state index < -0.39 is 11.7 Å². The standard InChI is InChI=1S/C16H24N2O2S.CH3NO2/c1-16(2,3)20-15(19)18-11-9-17(10-12-18)13-5-7-14(21-4)8-6-13;2-1(3)4/h5-8H,9-12H2,1-4H3;2H2,(H,3,4). The van der Waals surface area contributed by atoms with Gasteiger partial charge >= 0.3 is 12.2 Å². The second-order valence-electron chi connectivity index (χ2n) is 6.49. The lowest BCUT2D eigenvalue weighted by molar-refractivity contribution is 0.0240. The molecule has 0 radical (unpaired) electrons. The first-order chi connectivity index (χ1) is 11.6. The SMILES string of the molecule is CSc1ccc(N2CCN(C(=O)OC(C)(C)C)CC2)cc1.NC(=O)O. The highest BCUT2D eigenvalue weighted by Gasteiger charge is 2.25. The van der Waals surface area contributed by atoms with Crippen molar-refractivity contribution in [1.82, 2.24) is 4.90 Å². The number of nitrogens with zero attached hydrogens (tertiary/aromatic N) is 2. The molecule has 1 aromatic rings. The summed E-state index contributed by atoms with van der Waals surface area (Å²) < 4.78 is 5.41. The van der Waals surface area contributed by atoms with Crippen LogP contribution in [-0.2, 0) is 4.74 Å². The Morgan fingerprint density at radius 3 is 2.00 bits per heavy atom. The van der Waals surface area contributed by atoms with E-state index in [0.29, 0.717) is 13.1 Å². The summed E-state index contributed by atoms with van der Waals surface area (Å²) >= 11 is 1.75. The van der Waals surface area contributed by atoms with Gasteiger partial charge in [0, 0.05) is 36.8 Å². The van der Waals surface area contributed by atoms with Crippen molar-refractivity contribution in [2.75, 3.05) is 37.3 Å². The van der Waals surface area contributed by atoms with Crippen LogP contribution in [0.4, 0.5) is 15.3 Å². The van der Waals surface area contributed by atoms with Crippen molar-refractivity contribution in [2.24, 2.45) is 5.73 Å². The zero-order valence-corrected chi connectivity index (χ0v) is 16.0. The Kier molecular flexibility index (Phi) is 7.89. The molecule has 0 spiro atoms. The molecule has 140 valence electrons.